The first-order chi connectivity index (χ1) is 15.9. The number of hydrogen-bond acceptors (Lipinski definition) is 3. The Kier molecular flexibility index (Phi) is 6.87. The van der Waals surface area contributed by atoms with Crippen LogP contribution in [0, 0.1) is 11.3 Å². The molecule has 5 heteroatoms. The third-order valence-electron chi connectivity index (χ3n) is 7.06. The number of hydrogen-bond donors (Lipinski definition) is 0. The second kappa shape index (κ2) is 9.82. The number of ether oxygens (including phenoxy) is 1. The van der Waals surface area contributed by atoms with Crippen LogP contribution in [0.25, 0.3) is 11.1 Å². The fraction of sp³-hybridized carbons (Fsp3) is 0.429. The summed E-state index contributed by atoms with van der Waals surface area (Å²) in [5.41, 5.74) is 2.66. The second-order valence-corrected chi connectivity index (χ2v) is 9.55. The molecule has 0 N–H and O–H groups in total. The maximum Gasteiger partial charge on any atom is 0.230 e. The number of para-hydroxylation sites is 1. The average molecular weight is 447 g/mol. The second-order valence-electron chi connectivity index (χ2n) is 9.55. The van der Waals surface area contributed by atoms with Gasteiger partial charge in [-0.05, 0) is 49.3 Å². The Balaban J connectivity index is 1.54. The van der Waals surface area contributed by atoms with Crippen molar-refractivity contribution in [2.75, 3.05) is 34.3 Å². The molecule has 1 saturated heterocycles. The highest BCUT2D eigenvalue weighted by Crippen LogP contribution is 2.38. The molecule has 5 nitrogen and oxygen atoms in total. The number of carbonyl (C=O) groups excluding carboxylic acids is 2. The summed E-state index contributed by atoms with van der Waals surface area (Å²) >= 11 is 0. The van der Waals surface area contributed by atoms with Gasteiger partial charge in [0, 0.05) is 38.7 Å². The van der Waals surface area contributed by atoms with Crippen LogP contribution in [0.1, 0.15) is 31.2 Å². The highest BCUT2D eigenvalue weighted by atomic mass is 16.5. The summed E-state index contributed by atoms with van der Waals surface area (Å²) in [6, 6.07) is 16.4. The van der Waals surface area contributed by atoms with Crippen LogP contribution in [0.2, 0.25) is 0 Å². The van der Waals surface area contributed by atoms with Crippen molar-refractivity contribution in [2.24, 2.45) is 11.3 Å². The smallest absolute Gasteiger partial charge is 0.230 e. The van der Waals surface area contributed by atoms with Crippen molar-refractivity contribution < 1.29 is 14.3 Å². The Labute approximate surface area is 197 Å². The molecule has 2 aromatic carbocycles. The largest absolute Gasteiger partial charge is 0.496 e. The number of carbonyl (C=O) groups is 2. The molecule has 0 spiro atoms. The topological polar surface area (TPSA) is 49.9 Å². The SMILES string of the molecule is COc1ccccc1-c1ccc(C[C@@]2(C(=O)N(C)C)CCN(C(=O)[C@@H]3CC=CCC3)C2)cc1. The number of rotatable bonds is 6. The van der Waals surface area contributed by atoms with Gasteiger partial charge in [-0.15, -0.1) is 0 Å². The molecule has 174 valence electrons. The number of benzene rings is 2. The van der Waals surface area contributed by atoms with Crippen LogP contribution in [0.3, 0.4) is 0 Å². The monoisotopic (exact) mass is 446 g/mol. The Morgan fingerprint density at radius 2 is 1.85 bits per heavy atom. The minimum absolute atomic E-state index is 0.0559. The van der Waals surface area contributed by atoms with Crippen molar-refractivity contribution in [3.05, 3.63) is 66.2 Å². The van der Waals surface area contributed by atoms with E-state index >= 15 is 0 Å². The summed E-state index contributed by atoms with van der Waals surface area (Å²) in [7, 11) is 5.30. The van der Waals surface area contributed by atoms with Gasteiger partial charge in [-0.1, -0.05) is 54.6 Å². The number of likely N-dealkylation sites (tertiary alicyclic amines) is 1. The fourth-order valence-electron chi connectivity index (χ4n) is 5.28. The maximum absolute atomic E-state index is 13.3. The lowest BCUT2D eigenvalue weighted by molar-refractivity contribution is -0.140. The molecule has 2 aliphatic rings. The number of nitrogens with zero attached hydrogens (tertiary/aromatic N) is 2. The first-order valence-corrected chi connectivity index (χ1v) is 11.8. The zero-order chi connectivity index (χ0) is 23.4. The van der Waals surface area contributed by atoms with Gasteiger partial charge >= 0.3 is 0 Å². The van der Waals surface area contributed by atoms with Crippen LogP contribution in [0.4, 0.5) is 0 Å². The van der Waals surface area contributed by atoms with Gasteiger partial charge in [-0.25, -0.2) is 0 Å². The van der Waals surface area contributed by atoms with Gasteiger partial charge in [-0.2, -0.15) is 0 Å². The van der Waals surface area contributed by atoms with Crippen LogP contribution in [0.5, 0.6) is 5.75 Å². The Morgan fingerprint density at radius 3 is 2.52 bits per heavy atom. The van der Waals surface area contributed by atoms with Gasteiger partial charge in [-0.3, -0.25) is 9.59 Å². The van der Waals surface area contributed by atoms with E-state index in [1.165, 1.54) is 0 Å². The van der Waals surface area contributed by atoms with Crippen LogP contribution in [-0.4, -0.2) is 55.9 Å². The minimum Gasteiger partial charge on any atom is -0.496 e. The van der Waals surface area contributed by atoms with Gasteiger partial charge in [0.25, 0.3) is 0 Å². The molecule has 4 rings (SSSR count). The molecule has 2 amide bonds. The molecule has 1 heterocycles. The van der Waals surface area contributed by atoms with E-state index in [4.69, 9.17) is 4.74 Å². The van der Waals surface area contributed by atoms with E-state index in [9.17, 15) is 9.59 Å². The molecule has 0 aromatic heterocycles. The standard InChI is InChI=1S/C28H34N2O3/c1-29(2)27(32)28(17-18-30(20-28)26(31)23-9-5-4-6-10-23)19-21-13-15-22(16-14-21)24-11-7-8-12-25(24)33-3/h4-5,7-8,11-16,23H,6,9-10,17-20H2,1-3H3/t23-,28+/m1/s1. The lowest BCUT2D eigenvalue weighted by atomic mass is 9.79. The molecule has 0 unspecified atom stereocenters. The Bertz CT molecular complexity index is 1030. The van der Waals surface area contributed by atoms with Crippen molar-refractivity contribution in [1.82, 2.24) is 9.80 Å². The summed E-state index contributed by atoms with van der Waals surface area (Å²) in [5.74, 6) is 1.21. The van der Waals surface area contributed by atoms with E-state index in [2.05, 4.69) is 36.4 Å². The first kappa shape index (κ1) is 23.1. The van der Waals surface area contributed by atoms with Gasteiger partial charge in [0.05, 0.1) is 12.5 Å². The predicted molar refractivity (Wildman–Crippen MR) is 131 cm³/mol. The lowest BCUT2D eigenvalue weighted by Crippen LogP contribution is -2.45. The third-order valence-corrected chi connectivity index (χ3v) is 7.06. The lowest BCUT2D eigenvalue weighted by Gasteiger charge is -2.32. The molecule has 1 aliphatic carbocycles. The molecule has 33 heavy (non-hydrogen) atoms. The maximum atomic E-state index is 13.3. The van der Waals surface area contributed by atoms with E-state index in [-0.39, 0.29) is 17.7 Å². The van der Waals surface area contributed by atoms with Crippen LogP contribution >= 0.6 is 0 Å². The van der Waals surface area contributed by atoms with E-state index in [0.29, 0.717) is 25.9 Å². The zero-order valence-electron chi connectivity index (χ0n) is 19.9. The first-order valence-electron chi connectivity index (χ1n) is 11.8. The van der Waals surface area contributed by atoms with Gasteiger partial charge in [0.1, 0.15) is 5.75 Å². The summed E-state index contributed by atoms with van der Waals surface area (Å²) in [6.45, 7) is 1.15. The van der Waals surface area contributed by atoms with Crippen molar-refractivity contribution in [3.63, 3.8) is 0 Å². The van der Waals surface area contributed by atoms with Gasteiger partial charge in [0.2, 0.25) is 11.8 Å². The third kappa shape index (κ3) is 4.82. The Hall–Kier alpha value is -3.08. The molecular weight excluding hydrogens is 412 g/mol. The highest BCUT2D eigenvalue weighted by Gasteiger charge is 2.47. The molecule has 0 saturated carbocycles. The molecule has 2 atom stereocenters. The predicted octanol–water partition coefficient (Wildman–Crippen LogP) is 4.57. The zero-order valence-corrected chi connectivity index (χ0v) is 19.9. The Morgan fingerprint density at radius 1 is 1.09 bits per heavy atom. The quantitative estimate of drug-likeness (QED) is 0.611. The molecule has 0 bridgehead atoms. The minimum atomic E-state index is -0.574. The normalized spacial score (nSPS) is 22.3. The van der Waals surface area contributed by atoms with Gasteiger partial charge in [0.15, 0.2) is 0 Å². The molecule has 2 aromatic rings. The number of allylic oxidation sites excluding steroid dienone is 2. The van der Waals surface area contributed by atoms with Gasteiger partial charge < -0.3 is 14.5 Å². The van der Waals surface area contributed by atoms with Crippen LogP contribution in [0.15, 0.2) is 60.7 Å². The average Bonchev–Trinajstić information content (AvgIpc) is 3.29. The van der Waals surface area contributed by atoms with Crippen LogP contribution in [-0.2, 0) is 16.0 Å². The fourth-order valence-corrected chi connectivity index (χ4v) is 5.28. The molecule has 1 fully saturated rings. The molecule has 0 radical (unpaired) electrons. The summed E-state index contributed by atoms with van der Waals surface area (Å²) < 4.78 is 5.50. The molecular formula is C28H34N2O3. The van der Waals surface area contributed by atoms with Crippen LogP contribution < -0.4 is 4.74 Å². The van der Waals surface area contributed by atoms with Crippen molar-refractivity contribution >= 4 is 11.8 Å². The number of methoxy groups -OCH3 is 1. The van der Waals surface area contributed by atoms with Crippen molar-refractivity contribution in [2.45, 2.75) is 32.1 Å². The summed E-state index contributed by atoms with van der Waals surface area (Å²) in [5, 5.41) is 0. The molecule has 1 aliphatic heterocycles. The van der Waals surface area contributed by atoms with E-state index in [1.807, 2.05) is 43.3 Å². The van der Waals surface area contributed by atoms with E-state index in [0.717, 1.165) is 41.7 Å². The van der Waals surface area contributed by atoms with Crippen molar-refractivity contribution in [1.29, 1.82) is 0 Å². The van der Waals surface area contributed by atoms with E-state index < -0.39 is 5.41 Å². The highest BCUT2D eigenvalue weighted by molar-refractivity contribution is 5.86. The summed E-state index contributed by atoms with van der Waals surface area (Å²) in [4.78, 5) is 30.1. The summed E-state index contributed by atoms with van der Waals surface area (Å²) in [6.07, 6.45) is 8.28. The number of amides is 2. The van der Waals surface area contributed by atoms with E-state index in [1.54, 1.807) is 12.0 Å². The van der Waals surface area contributed by atoms with Crippen molar-refractivity contribution in [3.8, 4) is 16.9 Å².